The summed E-state index contributed by atoms with van der Waals surface area (Å²) in [5.74, 6) is 1.53. The third-order valence-corrected chi connectivity index (χ3v) is 6.17. The van der Waals surface area contributed by atoms with Crippen LogP contribution in [-0.2, 0) is 10.0 Å². The third-order valence-electron chi connectivity index (χ3n) is 4.65. The van der Waals surface area contributed by atoms with E-state index in [0.717, 1.165) is 12.8 Å². The van der Waals surface area contributed by atoms with Gasteiger partial charge < -0.3 is 14.2 Å². The van der Waals surface area contributed by atoms with Crippen LogP contribution in [-0.4, -0.2) is 43.7 Å². The molecular weight excluding hydrogens is 370 g/mol. The first kappa shape index (κ1) is 18.0. The number of ether oxygens (including phenoxy) is 3. The molecule has 1 aliphatic heterocycles. The summed E-state index contributed by atoms with van der Waals surface area (Å²) < 4.78 is 44.9. The summed E-state index contributed by atoms with van der Waals surface area (Å²) in [7, 11) is -3.62. The lowest BCUT2D eigenvalue weighted by Crippen LogP contribution is -2.39. The molecule has 1 fully saturated rings. The van der Waals surface area contributed by atoms with Gasteiger partial charge in [0.05, 0.1) is 11.1 Å². The minimum Gasteiger partial charge on any atom is -0.486 e. The van der Waals surface area contributed by atoms with Gasteiger partial charge in [0, 0.05) is 24.5 Å². The summed E-state index contributed by atoms with van der Waals surface area (Å²) in [6.45, 7) is 0.886. The molecule has 1 N–H and O–H groups in total. The van der Waals surface area contributed by atoms with E-state index in [4.69, 9.17) is 14.2 Å². The van der Waals surface area contributed by atoms with E-state index in [1.165, 1.54) is 6.07 Å². The highest BCUT2D eigenvalue weighted by Crippen LogP contribution is 2.32. The van der Waals surface area contributed by atoms with E-state index >= 15 is 0 Å². The van der Waals surface area contributed by atoms with Crippen molar-refractivity contribution in [3.8, 4) is 17.4 Å². The molecule has 0 atom stereocenters. The molecule has 0 unspecified atom stereocenters. The molecule has 0 amide bonds. The fraction of sp³-hybridized carbons (Fsp3) is 0.444. The van der Waals surface area contributed by atoms with E-state index in [0.29, 0.717) is 43.4 Å². The average Bonchev–Trinajstić information content (AvgIpc) is 2.70. The number of nitrogens with one attached hydrogen (secondary N) is 1. The van der Waals surface area contributed by atoms with Gasteiger partial charge in [0.2, 0.25) is 15.9 Å². The van der Waals surface area contributed by atoms with Gasteiger partial charge in [-0.1, -0.05) is 0 Å². The average molecular weight is 391 g/mol. The zero-order valence-corrected chi connectivity index (χ0v) is 15.5. The quantitative estimate of drug-likeness (QED) is 0.831. The van der Waals surface area contributed by atoms with E-state index in [1.807, 2.05) is 0 Å². The minimum atomic E-state index is -3.62. The van der Waals surface area contributed by atoms with Crippen LogP contribution in [0.1, 0.15) is 25.7 Å². The molecule has 8 nitrogen and oxygen atoms in total. The second-order valence-electron chi connectivity index (χ2n) is 6.56. The third kappa shape index (κ3) is 4.30. The summed E-state index contributed by atoms with van der Waals surface area (Å²) >= 11 is 0. The van der Waals surface area contributed by atoms with Crippen molar-refractivity contribution in [2.24, 2.45) is 0 Å². The standard InChI is InChI=1S/C18H21N3O5S/c22-27(23,15-5-6-16-17(11-15)25-10-9-24-16)21-13-1-3-14(4-2-13)26-18-12-19-7-8-20-18/h5-8,11-14,21H,1-4,9-10H2. The van der Waals surface area contributed by atoms with Crippen molar-refractivity contribution in [1.29, 1.82) is 0 Å². The SMILES string of the molecule is O=S(=O)(NC1CCC(Oc2cnccn2)CC1)c1ccc2c(c1)OCCO2. The molecule has 1 aromatic heterocycles. The summed E-state index contributed by atoms with van der Waals surface area (Å²) in [5, 5.41) is 0. The van der Waals surface area contributed by atoms with Gasteiger partial charge in [-0.3, -0.25) is 4.98 Å². The van der Waals surface area contributed by atoms with E-state index in [1.54, 1.807) is 30.7 Å². The van der Waals surface area contributed by atoms with Crippen molar-refractivity contribution >= 4 is 10.0 Å². The number of aromatic nitrogens is 2. The Morgan fingerprint density at radius 1 is 1.04 bits per heavy atom. The van der Waals surface area contributed by atoms with Gasteiger partial charge in [-0.05, 0) is 37.8 Å². The molecule has 0 spiro atoms. The molecule has 0 saturated heterocycles. The Morgan fingerprint density at radius 2 is 1.81 bits per heavy atom. The van der Waals surface area contributed by atoms with Gasteiger partial charge in [0.25, 0.3) is 0 Å². The molecule has 2 heterocycles. The molecule has 27 heavy (non-hydrogen) atoms. The van der Waals surface area contributed by atoms with Crippen LogP contribution < -0.4 is 18.9 Å². The monoisotopic (exact) mass is 391 g/mol. The predicted octanol–water partition coefficient (Wildman–Crippen LogP) is 1.92. The zero-order valence-electron chi connectivity index (χ0n) is 14.7. The second-order valence-corrected chi connectivity index (χ2v) is 8.28. The van der Waals surface area contributed by atoms with E-state index in [9.17, 15) is 8.42 Å². The van der Waals surface area contributed by atoms with Crippen molar-refractivity contribution in [3.05, 3.63) is 36.8 Å². The lowest BCUT2D eigenvalue weighted by molar-refractivity contribution is 0.138. The van der Waals surface area contributed by atoms with Crippen LogP contribution in [0.15, 0.2) is 41.7 Å². The molecule has 1 aromatic carbocycles. The summed E-state index contributed by atoms with van der Waals surface area (Å²) in [6.07, 6.45) is 7.70. The van der Waals surface area contributed by atoms with E-state index in [2.05, 4.69) is 14.7 Å². The molecule has 2 aromatic rings. The Morgan fingerprint density at radius 3 is 2.56 bits per heavy atom. The Bertz CT molecular complexity index is 883. The molecule has 4 rings (SSSR count). The lowest BCUT2D eigenvalue weighted by atomic mass is 9.94. The van der Waals surface area contributed by atoms with Crippen LogP contribution in [0.4, 0.5) is 0 Å². The number of benzene rings is 1. The fourth-order valence-corrected chi connectivity index (χ4v) is 4.61. The normalized spacial score (nSPS) is 22.2. The van der Waals surface area contributed by atoms with Gasteiger partial charge in [0.1, 0.15) is 19.3 Å². The van der Waals surface area contributed by atoms with Crippen LogP contribution in [0.5, 0.6) is 17.4 Å². The Hall–Kier alpha value is -2.39. The lowest BCUT2D eigenvalue weighted by Gasteiger charge is -2.29. The largest absolute Gasteiger partial charge is 0.486 e. The molecular formula is C18H21N3O5S. The molecule has 0 radical (unpaired) electrons. The van der Waals surface area contributed by atoms with Gasteiger partial charge in [-0.15, -0.1) is 0 Å². The zero-order chi connectivity index (χ0) is 18.7. The number of fused-ring (bicyclic) bond motifs is 1. The Balaban J connectivity index is 1.35. The van der Waals surface area contributed by atoms with Crippen LogP contribution in [0.3, 0.4) is 0 Å². The van der Waals surface area contributed by atoms with Crippen molar-refractivity contribution in [2.75, 3.05) is 13.2 Å². The first-order valence-electron chi connectivity index (χ1n) is 8.95. The Kier molecular flexibility index (Phi) is 5.13. The van der Waals surface area contributed by atoms with Crippen LogP contribution >= 0.6 is 0 Å². The first-order chi connectivity index (χ1) is 13.1. The maximum Gasteiger partial charge on any atom is 0.240 e. The molecule has 9 heteroatoms. The van der Waals surface area contributed by atoms with Crippen molar-refractivity contribution in [3.63, 3.8) is 0 Å². The highest BCUT2D eigenvalue weighted by molar-refractivity contribution is 7.89. The topological polar surface area (TPSA) is 99.6 Å². The van der Waals surface area contributed by atoms with Crippen LogP contribution in [0.25, 0.3) is 0 Å². The molecule has 144 valence electrons. The van der Waals surface area contributed by atoms with E-state index in [-0.39, 0.29) is 17.0 Å². The number of hydrogen-bond donors (Lipinski definition) is 1. The molecule has 1 saturated carbocycles. The number of hydrogen-bond acceptors (Lipinski definition) is 7. The van der Waals surface area contributed by atoms with Gasteiger partial charge in [-0.2, -0.15) is 0 Å². The number of sulfonamides is 1. The van der Waals surface area contributed by atoms with E-state index < -0.39 is 10.0 Å². The van der Waals surface area contributed by atoms with Gasteiger partial charge >= 0.3 is 0 Å². The van der Waals surface area contributed by atoms with Crippen molar-refractivity contribution in [1.82, 2.24) is 14.7 Å². The fourth-order valence-electron chi connectivity index (χ4n) is 3.29. The van der Waals surface area contributed by atoms with Crippen molar-refractivity contribution in [2.45, 2.75) is 42.7 Å². The maximum absolute atomic E-state index is 12.7. The highest BCUT2D eigenvalue weighted by atomic mass is 32.2. The Labute approximate surface area is 157 Å². The predicted molar refractivity (Wildman–Crippen MR) is 96.5 cm³/mol. The van der Waals surface area contributed by atoms with Crippen LogP contribution in [0.2, 0.25) is 0 Å². The van der Waals surface area contributed by atoms with Crippen molar-refractivity contribution < 1.29 is 22.6 Å². The number of nitrogens with zero attached hydrogens (tertiary/aromatic N) is 2. The second kappa shape index (κ2) is 7.69. The molecule has 1 aliphatic carbocycles. The summed E-state index contributed by atoms with van der Waals surface area (Å²) in [4.78, 5) is 8.27. The smallest absolute Gasteiger partial charge is 0.240 e. The van der Waals surface area contributed by atoms with Gasteiger partial charge in [0.15, 0.2) is 11.5 Å². The highest BCUT2D eigenvalue weighted by Gasteiger charge is 2.27. The number of rotatable bonds is 5. The van der Waals surface area contributed by atoms with Crippen LogP contribution in [0, 0.1) is 0 Å². The summed E-state index contributed by atoms with van der Waals surface area (Å²) in [6, 6.07) is 4.57. The van der Waals surface area contributed by atoms with Gasteiger partial charge in [-0.25, -0.2) is 18.1 Å². The molecule has 2 aliphatic rings. The minimum absolute atomic E-state index is 0.0248. The maximum atomic E-state index is 12.7. The summed E-state index contributed by atoms with van der Waals surface area (Å²) in [5.41, 5.74) is 0. The first-order valence-corrected chi connectivity index (χ1v) is 10.4. The molecule has 0 bridgehead atoms.